The Kier molecular flexibility index (Phi) is 6.50. The summed E-state index contributed by atoms with van der Waals surface area (Å²) in [7, 11) is 0. The van der Waals surface area contributed by atoms with Gasteiger partial charge in [-0.1, -0.05) is 33.6 Å². The first-order valence-corrected chi connectivity index (χ1v) is 7.41. The number of hydrogen-bond acceptors (Lipinski definition) is 2. The molecular weight excluding hydrogens is 210 g/mol. The Morgan fingerprint density at radius 3 is 2.35 bits per heavy atom. The molecule has 0 aromatic rings. The van der Waals surface area contributed by atoms with Gasteiger partial charge in [0.2, 0.25) is 0 Å². The highest BCUT2D eigenvalue weighted by Gasteiger charge is 2.23. The minimum Gasteiger partial charge on any atom is -0.396 e. The highest BCUT2D eigenvalue weighted by atomic mass is 16.3. The van der Waals surface area contributed by atoms with E-state index in [1.54, 1.807) is 0 Å². The molecule has 0 aromatic heterocycles. The second-order valence-corrected chi connectivity index (χ2v) is 6.53. The molecule has 0 heterocycles. The van der Waals surface area contributed by atoms with Gasteiger partial charge in [-0.05, 0) is 43.4 Å². The van der Waals surface area contributed by atoms with Gasteiger partial charge < -0.3 is 10.4 Å². The zero-order valence-electron chi connectivity index (χ0n) is 12.0. The smallest absolute Gasteiger partial charge is 0.0436 e. The van der Waals surface area contributed by atoms with E-state index in [0.29, 0.717) is 6.61 Å². The average molecular weight is 241 g/mol. The molecule has 2 N–H and O–H groups in total. The van der Waals surface area contributed by atoms with E-state index in [-0.39, 0.29) is 5.41 Å². The Balaban J connectivity index is 2.17. The first kappa shape index (κ1) is 15.0. The lowest BCUT2D eigenvalue weighted by Gasteiger charge is -2.32. The predicted molar refractivity (Wildman–Crippen MR) is 74.1 cm³/mol. The number of nitrogens with one attached hydrogen (secondary N) is 1. The monoisotopic (exact) mass is 241 g/mol. The minimum atomic E-state index is 0.231. The van der Waals surface area contributed by atoms with E-state index in [0.717, 1.165) is 24.9 Å². The van der Waals surface area contributed by atoms with Crippen molar-refractivity contribution in [2.75, 3.05) is 13.2 Å². The van der Waals surface area contributed by atoms with Crippen LogP contribution in [-0.4, -0.2) is 24.3 Å². The standard InChI is InChI=1S/C15H31NO/c1-4-5-13-6-8-14(9-7-13)16-12-15(2,3)10-11-17/h13-14,16-17H,4-12H2,1-3H3. The molecule has 0 radical (unpaired) electrons. The molecule has 0 amide bonds. The fraction of sp³-hybridized carbons (Fsp3) is 1.00. The third kappa shape index (κ3) is 5.87. The fourth-order valence-corrected chi connectivity index (χ4v) is 2.88. The van der Waals surface area contributed by atoms with Gasteiger partial charge in [-0.3, -0.25) is 0 Å². The summed E-state index contributed by atoms with van der Waals surface area (Å²) in [6, 6.07) is 0.723. The maximum atomic E-state index is 9.00. The van der Waals surface area contributed by atoms with Crippen LogP contribution in [-0.2, 0) is 0 Å². The molecule has 0 unspecified atom stereocenters. The van der Waals surface area contributed by atoms with Gasteiger partial charge in [0.05, 0.1) is 0 Å². The van der Waals surface area contributed by atoms with Crippen LogP contribution in [0.2, 0.25) is 0 Å². The first-order valence-electron chi connectivity index (χ1n) is 7.41. The molecule has 17 heavy (non-hydrogen) atoms. The van der Waals surface area contributed by atoms with Gasteiger partial charge in [-0.15, -0.1) is 0 Å². The Morgan fingerprint density at radius 1 is 1.18 bits per heavy atom. The van der Waals surface area contributed by atoms with E-state index >= 15 is 0 Å². The second kappa shape index (κ2) is 7.38. The Bertz CT molecular complexity index is 195. The van der Waals surface area contributed by atoms with Gasteiger partial charge in [0.15, 0.2) is 0 Å². The highest BCUT2D eigenvalue weighted by molar-refractivity contribution is 4.80. The van der Waals surface area contributed by atoms with E-state index in [4.69, 9.17) is 5.11 Å². The first-order chi connectivity index (χ1) is 8.07. The Hall–Kier alpha value is -0.0800. The SMILES string of the molecule is CCCC1CCC(NCC(C)(C)CCO)CC1. The topological polar surface area (TPSA) is 32.3 Å². The summed E-state index contributed by atoms with van der Waals surface area (Å²) in [6.07, 6.45) is 9.16. The van der Waals surface area contributed by atoms with Crippen molar-refractivity contribution in [3.05, 3.63) is 0 Å². The van der Waals surface area contributed by atoms with Gasteiger partial charge in [0, 0.05) is 19.2 Å². The number of rotatable bonds is 7. The van der Waals surface area contributed by atoms with Crippen molar-refractivity contribution < 1.29 is 5.11 Å². The van der Waals surface area contributed by atoms with Crippen molar-refractivity contribution in [3.63, 3.8) is 0 Å². The van der Waals surface area contributed by atoms with Crippen LogP contribution >= 0.6 is 0 Å². The molecule has 0 bridgehead atoms. The summed E-state index contributed by atoms with van der Waals surface area (Å²) in [5.74, 6) is 0.989. The van der Waals surface area contributed by atoms with Crippen LogP contribution in [0.15, 0.2) is 0 Å². The third-order valence-corrected chi connectivity index (χ3v) is 4.20. The quantitative estimate of drug-likeness (QED) is 0.716. The summed E-state index contributed by atoms with van der Waals surface area (Å²) < 4.78 is 0. The molecule has 0 saturated heterocycles. The van der Waals surface area contributed by atoms with Gasteiger partial charge in [-0.2, -0.15) is 0 Å². The van der Waals surface area contributed by atoms with Crippen molar-refractivity contribution >= 4 is 0 Å². The molecule has 1 rings (SSSR count). The van der Waals surface area contributed by atoms with Crippen LogP contribution in [0.1, 0.15) is 65.7 Å². The lowest BCUT2D eigenvalue weighted by Crippen LogP contribution is -2.39. The molecule has 0 atom stereocenters. The molecule has 2 nitrogen and oxygen atoms in total. The number of hydrogen-bond donors (Lipinski definition) is 2. The van der Waals surface area contributed by atoms with E-state index < -0.39 is 0 Å². The molecular formula is C15H31NO. The van der Waals surface area contributed by atoms with Crippen LogP contribution in [0.3, 0.4) is 0 Å². The van der Waals surface area contributed by atoms with Crippen LogP contribution in [0.5, 0.6) is 0 Å². The zero-order valence-corrected chi connectivity index (χ0v) is 12.0. The largest absolute Gasteiger partial charge is 0.396 e. The maximum absolute atomic E-state index is 9.00. The number of aliphatic hydroxyl groups excluding tert-OH is 1. The highest BCUT2D eigenvalue weighted by Crippen LogP contribution is 2.28. The van der Waals surface area contributed by atoms with Crippen LogP contribution in [0.25, 0.3) is 0 Å². The molecule has 0 aliphatic heterocycles. The lowest BCUT2D eigenvalue weighted by atomic mass is 9.82. The molecule has 2 heteroatoms. The molecule has 0 spiro atoms. The molecule has 0 aromatic carbocycles. The maximum Gasteiger partial charge on any atom is 0.0436 e. The van der Waals surface area contributed by atoms with E-state index in [9.17, 15) is 0 Å². The lowest BCUT2D eigenvalue weighted by molar-refractivity contribution is 0.192. The normalized spacial score (nSPS) is 26.1. The van der Waals surface area contributed by atoms with Crippen molar-refractivity contribution in [1.82, 2.24) is 5.32 Å². The summed E-state index contributed by atoms with van der Waals surface area (Å²) in [5.41, 5.74) is 0.231. The summed E-state index contributed by atoms with van der Waals surface area (Å²) in [6.45, 7) is 8.11. The van der Waals surface area contributed by atoms with Gasteiger partial charge >= 0.3 is 0 Å². The number of aliphatic hydroxyl groups is 1. The Labute approximate surface area is 107 Å². The van der Waals surface area contributed by atoms with Crippen LogP contribution in [0, 0.1) is 11.3 Å². The van der Waals surface area contributed by atoms with E-state index in [1.165, 1.54) is 38.5 Å². The van der Waals surface area contributed by atoms with Crippen molar-refractivity contribution in [2.24, 2.45) is 11.3 Å². The minimum absolute atomic E-state index is 0.231. The summed E-state index contributed by atoms with van der Waals surface area (Å²) in [4.78, 5) is 0. The van der Waals surface area contributed by atoms with Crippen molar-refractivity contribution in [1.29, 1.82) is 0 Å². The van der Waals surface area contributed by atoms with Crippen molar-refractivity contribution in [2.45, 2.75) is 71.8 Å². The second-order valence-electron chi connectivity index (χ2n) is 6.53. The van der Waals surface area contributed by atoms with E-state index in [1.807, 2.05) is 0 Å². The fourth-order valence-electron chi connectivity index (χ4n) is 2.88. The summed E-state index contributed by atoms with van der Waals surface area (Å²) >= 11 is 0. The molecule has 1 saturated carbocycles. The van der Waals surface area contributed by atoms with Gasteiger partial charge in [0.1, 0.15) is 0 Å². The predicted octanol–water partition coefficient (Wildman–Crippen LogP) is 3.34. The Morgan fingerprint density at radius 2 is 1.82 bits per heavy atom. The molecule has 1 aliphatic rings. The average Bonchev–Trinajstić information content (AvgIpc) is 2.29. The van der Waals surface area contributed by atoms with Gasteiger partial charge in [-0.25, -0.2) is 0 Å². The zero-order chi connectivity index (χ0) is 12.7. The van der Waals surface area contributed by atoms with Crippen LogP contribution in [0.4, 0.5) is 0 Å². The molecule has 1 fully saturated rings. The third-order valence-electron chi connectivity index (χ3n) is 4.20. The molecule has 1 aliphatic carbocycles. The van der Waals surface area contributed by atoms with Crippen LogP contribution < -0.4 is 5.32 Å². The van der Waals surface area contributed by atoms with Crippen molar-refractivity contribution in [3.8, 4) is 0 Å². The summed E-state index contributed by atoms with van der Waals surface area (Å²) in [5, 5.41) is 12.7. The molecule has 102 valence electrons. The van der Waals surface area contributed by atoms with E-state index in [2.05, 4.69) is 26.1 Å². The van der Waals surface area contributed by atoms with Gasteiger partial charge in [0.25, 0.3) is 0 Å².